The second-order valence-electron chi connectivity index (χ2n) is 8.49. The van der Waals surface area contributed by atoms with E-state index in [0.717, 1.165) is 5.69 Å². The lowest BCUT2D eigenvalue weighted by Crippen LogP contribution is -2.44. The zero-order valence-electron chi connectivity index (χ0n) is 19.1. The number of para-hydroxylation sites is 2. The van der Waals surface area contributed by atoms with Crippen LogP contribution in [0.2, 0.25) is 0 Å². The van der Waals surface area contributed by atoms with Crippen LogP contribution in [-0.4, -0.2) is 30.3 Å². The third-order valence-corrected chi connectivity index (χ3v) is 6.27. The van der Waals surface area contributed by atoms with Crippen LogP contribution < -0.4 is 15.0 Å². The largest absolute Gasteiger partial charge is 0.485 e. The number of carboxylic acid groups (broad SMARTS) is 1. The Balaban J connectivity index is 0.00000289. The molecule has 4 aromatic carbocycles. The van der Waals surface area contributed by atoms with Gasteiger partial charge >= 0.3 is 5.97 Å². The number of rotatable bonds is 6. The maximum absolute atomic E-state index is 14.0. The van der Waals surface area contributed by atoms with Crippen LogP contribution in [0.5, 0.6) is 5.75 Å². The van der Waals surface area contributed by atoms with Crippen molar-refractivity contribution in [3.8, 4) is 5.75 Å². The summed E-state index contributed by atoms with van der Waals surface area (Å²) >= 11 is 0. The number of nitrogens with zero attached hydrogens (tertiary/aromatic N) is 1. The molecule has 0 radical (unpaired) electrons. The summed E-state index contributed by atoms with van der Waals surface area (Å²) in [6, 6.07) is 26.5. The van der Waals surface area contributed by atoms with E-state index in [0.29, 0.717) is 24.5 Å². The lowest BCUT2D eigenvalue weighted by atomic mass is 9.99. The number of ether oxygens (including phenoxy) is 1. The van der Waals surface area contributed by atoms with Gasteiger partial charge in [0.15, 0.2) is 0 Å². The van der Waals surface area contributed by atoms with Gasteiger partial charge in [-0.25, -0.2) is 9.18 Å². The van der Waals surface area contributed by atoms with E-state index in [2.05, 4.69) is 42.6 Å². The Morgan fingerprint density at radius 2 is 1.83 bits per heavy atom. The Labute approximate surface area is 209 Å². The minimum Gasteiger partial charge on any atom is -0.485 e. The molecule has 2 N–H and O–H groups in total. The molecular weight excluding hydrogens is 467 g/mol. The summed E-state index contributed by atoms with van der Waals surface area (Å²) < 4.78 is 20.3. The van der Waals surface area contributed by atoms with E-state index in [1.807, 2.05) is 41.3 Å². The lowest BCUT2D eigenvalue weighted by molar-refractivity contribution is 0.0692. The predicted octanol–water partition coefficient (Wildman–Crippen LogP) is 6.35. The summed E-state index contributed by atoms with van der Waals surface area (Å²) in [5.74, 6) is -1.33. The molecule has 35 heavy (non-hydrogen) atoms. The van der Waals surface area contributed by atoms with Crippen LogP contribution in [0, 0.1) is 5.82 Å². The van der Waals surface area contributed by atoms with Gasteiger partial charge in [0.1, 0.15) is 17.7 Å². The summed E-state index contributed by atoms with van der Waals surface area (Å²) in [6.45, 7) is 3.22. The molecular formula is C28H26ClFN2O3. The summed E-state index contributed by atoms with van der Waals surface area (Å²) in [6.07, 6.45) is -0.189. The monoisotopic (exact) mass is 492 g/mol. The number of anilines is 2. The molecule has 1 aliphatic heterocycles. The first-order chi connectivity index (χ1) is 16.5. The highest BCUT2D eigenvalue weighted by Gasteiger charge is 2.28. The molecule has 0 fully saturated rings. The van der Waals surface area contributed by atoms with Gasteiger partial charge in [0.25, 0.3) is 0 Å². The third kappa shape index (κ3) is 4.94. The average Bonchev–Trinajstić information content (AvgIpc) is 2.86. The second-order valence-corrected chi connectivity index (χ2v) is 8.49. The first kappa shape index (κ1) is 24.5. The fourth-order valence-electron chi connectivity index (χ4n) is 4.54. The van der Waals surface area contributed by atoms with E-state index in [4.69, 9.17) is 4.74 Å². The molecule has 7 heteroatoms. The van der Waals surface area contributed by atoms with E-state index < -0.39 is 11.8 Å². The number of hydrogen-bond donors (Lipinski definition) is 2. The number of hydrogen-bond acceptors (Lipinski definition) is 4. The SMILES string of the molecule is C[C@@H](NCC1CN(c2ccc(F)c(C(=O)O)c2)c2ccccc2O1)c1cccc2ccccc12.Cl. The summed E-state index contributed by atoms with van der Waals surface area (Å²) in [4.78, 5) is 13.5. The smallest absolute Gasteiger partial charge is 0.338 e. The van der Waals surface area contributed by atoms with E-state index in [-0.39, 0.29) is 30.1 Å². The first-order valence-corrected chi connectivity index (χ1v) is 11.3. The van der Waals surface area contributed by atoms with Crippen LogP contribution in [-0.2, 0) is 0 Å². The maximum atomic E-state index is 14.0. The van der Waals surface area contributed by atoms with Crippen LogP contribution in [0.15, 0.2) is 84.9 Å². The van der Waals surface area contributed by atoms with Crippen LogP contribution in [0.4, 0.5) is 15.8 Å². The van der Waals surface area contributed by atoms with Crippen LogP contribution in [0.1, 0.15) is 28.9 Å². The number of carbonyl (C=O) groups is 1. The number of nitrogens with one attached hydrogen (secondary N) is 1. The standard InChI is InChI=1S/C28H25FN2O3.ClH/c1-18(22-10-6-8-19-7-2-3-9-23(19)22)30-16-21-17-31(26-11-4-5-12-27(26)34-21)20-13-14-25(29)24(15-20)28(32)33;/h2-15,18,21,30H,16-17H2,1H3,(H,32,33);1H/t18-,21?;/m1./s1. The van der Waals surface area contributed by atoms with Gasteiger partial charge in [0, 0.05) is 18.3 Å². The van der Waals surface area contributed by atoms with E-state index in [1.165, 1.54) is 28.5 Å². The second kappa shape index (κ2) is 10.3. The molecule has 0 saturated carbocycles. The normalized spacial score (nSPS) is 15.6. The summed E-state index contributed by atoms with van der Waals surface area (Å²) in [7, 11) is 0. The minimum absolute atomic E-state index is 0. The van der Waals surface area contributed by atoms with Crippen molar-refractivity contribution in [3.05, 3.63) is 102 Å². The van der Waals surface area contributed by atoms with Crippen molar-refractivity contribution in [2.24, 2.45) is 0 Å². The number of aromatic carboxylic acids is 1. The molecule has 0 bridgehead atoms. The summed E-state index contributed by atoms with van der Waals surface area (Å²) in [5.41, 5.74) is 2.31. The lowest BCUT2D eigenvalue weighted by Gasteiger charge is -2.37. The van der Waals surface area contributed by atoms with E-state index >= 15 is 0 Å². The predicted molar refractivity (Wildman–Crippen MR) is 139 cm³/mol. The summed E-state index contributed by atoms with van der Waals surface area (Å²) in [5, 5.41) is 15.4. The van der Waals surface area contributed by atoms with Crippen LogP contribution in [0.25, 0.3) is 10.8 Å². The quantitative estimate of drug-likeness (QED) is 0.328. The first-order valence-electron chi connectivity index (χ1n) is 11.3. The fourth-order valence-corrected chi connectivity index (χ4v) is 4.54. The van der Waals surface area contributed by atoms with Crippen molar-refractivity contribution in [2.75, 3.05) is 18.0 Å². The average molecular weight is 493 g/mol. The molecule has 0 saturated heterocycles. The van der Waals surface area contributed by atoms with Crippen molar-refractivity contribution in [1.29, 1.82) is 0 Å². The van der Waals surface area contributed by atoms with Crippen molar-refractivity contribution in [1.82, 2.24) is 5.32 Å². The van der Waals surface area contributed by atoms with Gasteiger partial charge in [-0.1, -0.05) is 54.6 Å². The Morgan fingerprint density at radius 1 is 1.09 bits per heavy atom. The molecule has 1 aliphatic rings. The van der Waals surface area contributed by atoms with Crippen molar-refractivity contribution in [3.63, 3.8) is 0 Å². The highest BCUT2D eigenvalue weighted by molar-refractivity contribution is 5.90. The molecule has 180 valence electrons. The van der Waals surface area contributed by atoms with Crippen molar-refractivity contribution < 1.29 is 19.0 Å². The van der Waals surface area contributed by atoms with Gasteiger partial charge in [0.2, 0.25) is 0 Å². The molecule has 0 aromatic heterocycles. The Bertz CT molecular complexity index is 1360. The van der Waals surface area contributed by atoms with Gasteiger partial charge in [-0.15, -0.1) is 12.4 Å². The number of halogens is 2. The molecule has 0 spiro atoms. The highest BCUT2D eigenvalue weighted by Crippen LogP contribution is 2.38. The van der Waals surface area contributed by atoms with Crippen molar-refractivity contribution in [2.45, 2.75) is 19.1 Å². The Morgan fingerprint density at radius 3 is 2.66 bits per heavy atom. The molecule has 0 amide bonds. The molecule has 1 unspecified atom stereocenters. The van der Waals surface area contributed by atoms with Gasteiger partial charge in [-0.2, -0.15) is 0 Å². The topological polar surface area (TPSA) is 61.8 Å². The van der Waals surface area contributed by atoms with E-state index in [1.54, 1.807) is 6.07 Å². The van der Waals surface area contributed by atoms with Crippen LogP contribution in [0.3, 0.4) is 0 Å². The highest BCUT2D eigenvalue weighted by atomic mass is 35.5. The third-order valence-electron chi connectivity index (χ3n) is 6.27. The molecule has 1 heterocycles. The molecule has 0 aliphatic carbocycles. The maximum Gasteiger partial charge on any atom is 0.338 e. The molecule has 4 aromatic rings. The van der Waals surface area contributed by atoms with E-state index in [9.17, 15) is 14.3 Å². The van der Waals surface area contributed by atoms with Gasteiger partial charge in [-0.05, 0) is 53.6 Å². The van der Waals surface area contributed by atoms with Gasteiger partial charge < -0.3 is 20.1 Å². The number of benzene rings is 4. The minimum atomic E-state index is -1.29. The molecule has 5 rings (SSSR count). The molecule has 5 nitrogen and oxygen atoms in total. The Kier molecular flexibility index (Phi) is 7.24. The van der Waals surface area contributed by atoms with Crippen LogP contribution >= 0.6 is 12.4 Å². The number of fused-ring (bicyclic) bond motifs is 2. The molecule has 2 atom stereocenters. The Hall–Kier alpha value is -3.61. The van der Waals surface area contributed by atoms with Crippen molar-refractivity contribution >= 4 is 40.5 Å². The fraction of sp³-hybridized carbons (Fsp3) is 0.179. The van der Waals surface area contributed by atoms with Gasteiger partial charge in [0.05, 0.1) is 17.8 Å². The zero-order chi connectivity index (χ0) is 23.7. The number of carboxylic acids is 1. The zero-order valence-corrected chi connectivity index (χ0v) is 20.0. The van der Waals surface area contributed by atoms with Gasteiger partial charge in [-0.3, -0.25) is 0 Å².